The number of rotatable bonds is 7. The molecule has 0 fully saturated rings. The molecule has 3 rings (SSSR count). The highest BCUT2D eigenvalue weighted by atomic mass is 16.5. The molecule has 0 saturated heterocycles. The minimum Gasteiger partial charge on any atom is -0.490 e. The van der Waals surface area contributed by atoms with Crippen molar-refractivity contribution < 1.29 is 9.53 Å². The lowest BCUT2D eigenvalue weighted by Gasteiger charge is -2.12. The van der Waals surface area contributed by atoms with Crippen molar-refractivity contribution in [1.82, 2.24) is 25.5 Å². The minimum atomic E-state index is -0.344. The van der Waals surface area contributed by atoms with Gasteiger partial charge in [0.2, 0.25) is 0 Å². The molecule has 0 saturated carbocycles. The number of carbonyl (C=O) groups excluding carboxylic acids is 1. The summed E-state index contributed by atoms with van der Waals surface area (Å²) in [5, 5.41) is 10.0. The minimum absolute atomic E-state index is 0.211. The molecule has 1 amide bonds. The molecule has 1 unspecified atom stereocenters. The standard InChI is InChI=1S/C22H25N5O2/c1-14(2)9-11-29-18-7-5-6-17(13-18)22(28)24-16(4)20-25-21(27-26-20)19-12-15(3)8-10-23-19/h5-10,12-13,16H,11H2,1-4H3,(H,24,28)(H,25,26,27). The van der Waals surface area contributed by atoms with Gasteiger partial charge in [0, 0.05) is 11.8 Å². The van der Waals surface area contributed by atoms with Crippen LogP contribution in [0.1, 0.15) is 48.6 Å². The van der Waals surface area contributed by atoms with Crippen molar-refractivity contribution >= 4 is 5.91 Å². The number of ether oxygens (including phenoxy) is 1. The van der Waals surface area contributed by atoms with Gasteiger partial charge in [-0.1, -0.05) is 11.6 Å². The number of nitrogens with zero attached hydrogens (tertiary/aromatic N) is 3. The first-order chi connectivity index (χ1) is 13.9. The smallest absolute Gasteiger partial charge is 0.251 e. The van der Waals surface area contributed by atoms with Crippen LogP contribution in [0, 0.1) is 6.92 Å². The first-order valence-corrected chi connectivity index (χ1v) is 9.45. The Morgan fingerprint density at radius 2 is 2.10 bits per heavy atom. The molecule has 2 N–H and O–H groups in total. The zero-order valence-corrected chi connectivity index (χ0v) is 17.1. The third-order valence-electron chi connectivity index (χ3n) is 4.24. The van der Waals surface area contributed by atoms with E-state index in [4.69, 9.17) is 4.74 Å². The molecule has 0 aliphatic carbocycles. The van der Waals surface area contributed by atoms with Gasteiger partial charge in [0.1, 0.15) is 23.9 Å². The van der Waals surface area contributed by atoms with Crippen molar-refractivity contribution in [3.8, 4) is 17.3 Å². The van der Waals surface area contributed by atoms with Crippen LogP contribution in [0.5, 0.6) is 5.75 Å². The van der Waals surface area contributed by atoms with E-state index in [9.17, 15) is 4.79 Å². The van der Waals surface area contributed by atoms with Gasteiger partial charge in [0.05, 0.1) is 6.04 Å². The van der Waals surface area contributed by atoms with Gasteiger partial charge >= 0.3 is 0 Å². The number of aryl methyl sites for hydroxylation is 1. The van der Waals surface area contributed by atoms with Gasteiger partial charge in [-0.05, 0) is 69.7 Å². The maximum atomic E-state index is 12.6. The summed E-state index contributed by atoms with van der Waals surface area (Å²) in [5.74, 6) is 1.50. The van der Waals surface area contributed by atoms with Crippen molar-refractivity contribution in [2.45, 2.75) is 33.7 Å². The highest BCUT2D eigenvalue weighted by Crippen LogP contribution is 2.17. The zero-order chi connectivity index (χ0) is 20.8. The van der Waals surface area contributed by atoms with Crippen LogP contribution in [0.4, 0.5) is 0 Å². The van der Waals surface area contributed by atoms with Gasteiger partial charge < -0.3 is 10.1 Å². The number of hydrogen-bond acceptors (Lipinski definition) is 5. The molecule has 150 valence electrons. The second kappa shape index (κ2) is 9.14. The highest BCUT2D eigenvalue weighted by Gasteiger charge is 2.16. The molecule has 7 heteroatoms. The largest absolute Gasteiger partial charge is 0.490 e. The van der Waals surface area contributed by atoms with Crippen LogP contribution >= 0.6 is 0 Å². The maximum absolute atomic E-state index is 12.6. The quantitative estimate of drug-likeness (QED) is 0.594. The number of aromatic nitrogens is 4. The van der Waals surface area contributed by atoms with Crippen LogP contribution in [0.25, 0.3) is 11.5 Å². The predicted octanol–water partition coefficient (Wildman–Crippen LogP) is 4.01. The van der Waals surface area contributed by atoms with E-state index in [1.54, 1.807) is 24.4 Å². The van der Waals surface area contributed by atoms with Crippen molar-refractivity contribution in [2.24, 2.45) is 0 Å². The number of pyridine rings is 1. The van der Waals surface area contributed by atoms with E-state index in [-0.39, 0.29) is 11.9 Å². The van der Waals surface area contributed by atoms with Crippen molar-refractivity contribution in [3.63, 3.8) is 0 Å². The Hall–Kier alpha value is -3.48. The number of benzene rings is 1. The monoisotopic (exact) mass is 391 g/mol. The number of amides is 1. The Labute approximate surface area is 170 Å². The molecule has 0 spiro atoms. The van der Waals surface area contributed by atoms with Crippen LogP contribution in [0.2, 0.25) is 0 Å². The molecule has 0 aliphatic rings. The first kappa shape index (κ1) is 20.3. The lowest BCUT2D eigenvalue weighted by Crippen LogP contribution is -2.27. The topological polar surface area (TPSA) is 92.8 Å². The fraction of sp³-hybridized carbons (Fsp3) is 0.273. The van der Waals surface area contributed by atoms with Crippen molar-refractivity contribution in [2.75, 3.05) is 6.61 Å². The molecule has 7 nitrogen and oxygen atoms in total. The second-order valence-electron chi connectivity index (χ2n) is 7.08. The molecule has 0 radical (unpaired) electrons. The summed E-state index contributed by atoms with van der Waals surface area (Å²) in [5.41, 5.74) is 3.47. The molecule has 3 aromatic rings. The second-order valence-corrected chi connectivity index (χ2v) is 7.08. The van der Waals surface area contributed by atoms with Gasteiger partial charge in [-0.2, -0.15) is 5.10 Å². The molecule has 2 aromatic heterocycles. The van der Waals surface area contributed by atoms with Crippen LogP contribution in [0.15, 0.2) is 54.2 Å². The van der Waals surface area contributed by atoms with Crippen molar-refractivity contribution in [3.05, 3.63) is 71.2 Å². The van der Waals surface area contributed by atoms with E-state index in [1.165, 1.54) is 5.57 Å². The predicted molar refractivity (Wildman–Crippen MR) is 112 cm³/mol. The summed E-state index contributed by atoms with van der Waals surface area (Å²) < 4.78 is 5.67. The van der Waals surface area contributed by atoms with Crippen molar-refractivity contribution in [1.29, 1.82) is 0 Å². The summed E-state index contributed by atoms with van der Waals surface area (Å²) >= 11 is 0. The zero-order valence-electron chi connectivity index (χ0n) is 17.1. The average Bonchev–Trinajstić information content (AvgIpc) is 3.18. The van der Waals surface area contributed by atoms with Crippen LogP contribution in [-0.4, -0.2) is 32.7 Å². The first-order valence-electron chi connectivity index (χ1n) is 9.45. The Balaban J connectivity index is 1.66. The third-order valence-corrected chi connectivity index (χ3v) is 4.24. The molecule has 1 atom stereocenters. The lowest BCUT2D eigenvalue weighted by atomic mass is 10.2. The molecule has 1 aromatic carbocycles. The Bertz CT molecular complexity index is 1020. The van der Waals surface area contributed by atoms with Crippen LogP contribution in [0.3, 0.4) is 0 Å². The number of H-pyrrole nitrogens is 1. The Morgan fingerprint density at radius 1 is 1.28 bits per heavy atom. The number of nitrogens with one attached hydrogen (secondary N) is 2. The summed E-state index contributed by atoms with van der Waals surface area (Å²) in [6.07, 6.45) is 3.71. The summed E-state index contributed by atoms with van der Waals surface area (Å²) in [6.45, 7) is 8.33. The molecular formula is C22H25N5O2. The van der Waals surface area contributed by atoms with E-state index in [0.29, 0.717) is 35.3 Å². The SMILES string of the molecule is CC(C)=CCOc1cccc(C(=O)NC(C)c2nc(-c3cc(C)ccn3)n[nH]2)c1. The van der Waals surface area contributed by atoms with Gasteiger partial charge in [-0.3, -0.25) is 14.9 Å². The lowest BCUT2D eigenvalue weighted by molar-refractivity contribution is 0.0938. The van der Waals surface area contributed by atoms with Gasteiger partial charge in [-0.15, -0.1) is 0 Å². The Kier molecular flexibility index (Phi) is 6.39. The number of aromatic amines is 1. The Morgan fingerprint density at radius 3 is 2.86 bits per heavy atom. The third kappa shape index (κ3) is 5.51. The van der Waals surface area contributed by atoms with Gasteiger partial charge in [0.15, 0.2) is 5.82 Å². The molecule has 2 heterocycles. The number of carbonyl (C=O) groups is 1. The fourth-order valence-electron chi connectivity index (χ4n) is 2.62. The molecule has 0 aliphatic heterocycles. The normalized spacial score (nSPS) is 11.6. The van der Waals surface area contributed by atoms with E-state index >= 15 is 0 Å². The molecular weight excluding hydrogens is 366 g/mol. The van der Waals surface area contributed by atoms with E-state index in [1.807, 2.05) is 52.0 Å². The van der Waals surface area contributed by atoms with E-state index in [2.05, 4.69) is 25.5 Å². The van der Waals surface area contributed by atoms with Gasteiger partial charge in [-0.25, -0.2) is 4.98 Å². The summed E-state index contributed by atoms with van der Waals surface area (Å²) in [4.78, 5) is 21.4. The van der Waals surface area contributed by atoms with Gasteiger partial charge in [0.25, 0.3) is 5.91 Å². The summed E-state index contributed by atoms with van der Waals surface area (Å²) in [7, 11) is 0. The highest BCUT2D eigenvalue weighted by molar-refractivity contribution is 5.94. The summed E-state index contributed by atoms with van der Waals surface area (Å²) in [6, 6.07) is 10.6. The van der Waals surface area contributed by atoms with Crippen LogP contribution in [-0.2, 0) is 0 Å². The number of allylic oxidation sites excluding steroid dienone is 1. The number of hydrogen-bond donors (Lipinski definition) is 2. The fourth-order valence-corrected chi connectivity index (χ4v) is 2.62. The van der Waals surface area contributed by atoms with E-state index in [0.717, 1.165) is 5.56 Å². The molecule has 0 bridgehead atoms. The molecule has 29 heavy (non-hydrogen) atoms. The van der Waals surface area contributed by atoms with Crippen LogP contribution < -0.4 is 10.1 Å². The van der Waals surface area contributed by atoms with E-state index < -0.39 is 0 Å². The average molecular weight is 391 g/mol. The maximum Gasteiger partial charge on any atom is 0.251 e.